The van der Waals surface area contributed by atoms with Crippen LogP contribution in [0.3, 0.4) is 0 Å². The second-order valence-corrected chi connectivity index (χ2v) is 4.22. The minimum absolute atomic E-state index is 0.256. The molecular weight excluding hydrogens is 249 g/mol. The fraction of sp³-hybridized carbons (Fsp3) is 0.308. The zero-order valence-corrected chi connectivity index (χ0v) is 10.7. The van der Waals surface area contributed by atoms with Gasteiger partial charge in [-0.25, -0.2) is 18.9 Å². The third kappa shape index (κ3) is 2.47. The third-order valence-electron chi connectivity index (χ3n) is 2.74. The molecular formula is C13H14FN3O2. The quantitative estimate of drug-likeness (QED) is 0.919. The number of halogens is 1. The van der Waals surface area contributed by atoms with E-state index in [1.807, 2.05) is 6.92 Å². The molecule has 0 saturated heterocycles. The zero-order chi connectivity index (χ0) is 14.0. The maximum absolute atomic E-state index is 13.9. The molecule has 6 heteroatoms. The summed E-state index contributed by atoms with van der Waals surface area (Å²) < 4.78 is 15.2. The van der Waals surface area contributed by atoms with Crippen LogP contribution in [0.4, 0.5) is 4.39 Å². The Morgan fingerprint density at radius 3 is 2.79 bits per heavy atom. The Balaban J connectivity index is 2.63. The monoisotopic (exact) mass is 263 g/mol. The molecule has 0 amide bonds. The Bertz CT molecular complexity index is 602. The fourth-order valence-corrected chi connectivity index (χ4v) is 1.89. The molecule has 0 aliphatic rings. The normalized spacial score (nSPS) is 10.7. The molecule has 1 N–H and O–H groups in total. The maximum atomic E-state index is 13.9. The first-order valence-corrected chi connectivity index (χ1v) is 5.99. The smallest absolute Gasteiger partial charge is 0.375 e. The van der Waals surface area contributed by atoms with E-state index >= 15 is 0 Å². The molecule has 0 bridgehead atoms. The van der Waals surface area contributed by atoms with Gasteiger partial charge in [0.15, 0.2) is 0 Å². The number of carboxylic acids is 1. The summed E-state index contributed by atoms with van der Waals surface area (Å²) in [7, 11) is 0. The molecule has 0 radical (unpaired) electrons. The van der Waals surface area contributed by atoms with Gasteiger partial charge in [0, 0.05) is 6.42 Å². The summed E-state index contributed by atoms with van der Waals surface area (Å²) in [6, 6.07) is 4.67. The highest BCUT2D eigenvalue weighted by Gasteiger charge is 2.19. The standard InChI is InChI=1S/C13H14FN3O2/c1-3-5-10-15-12(13(18)19)16-17(10)11-8(2)6-4-7-9(11)14/h4,6-7H,3,5H2,1-2H3,(H,18,19). The van der Waals surface area contributed by atoms with Crippen LogP contribution >= 0.6 is 0 Å². The summed E-state index contributed by atoms with van der Waals surface area (Å²) in [5, 5.41) is 12.8. The number of carbonyl (C=O) groups is 1. The molecule has 0 fully saturated rings. The van der Waals surface area contributed by atoms with E-state index in [1.54, 1.807) is 19.1 Å². The van der Waals surface area contributed by atoms with Crippen molar-refractivity contribution in [1.82, 2.24) is 14.8 Å². The molecule has 0 aliphatic carbocycles. The van der Waals surface area contributed by atoms with E-state index in [4.69, 9.17) is 5.11 Å². The highest BCUT2D eigenvalue weighted by molar-refractivity contribution is 5.83. The van der Waals surface area contributed by atoms with Crippen LogP contribution in [0.25, 0.3) is 5.69 Å². The SMILES string of the molecule is CCCc1nc(C(=O)O)nn1-c1c(C)cccc1F. The lowest BCUT2D eigenvalue weighted by Crippen LogP contribution is -2.07. The van der Waals surface area contributed by atoms with Gasteiger partial charge < -0.3 is 5.11 Å². The van der Waals surface area contributed by atoms with Crippen LogP contribution in [0.2, 0.25) is 0 Å². The van der Waals surface area contributed by atoms with Crippen LogP contribution < -0.4 is 0 Å². The van der Waals surface area contributed by atoms with Crippen molar-refractivity contribution in [3.05, 3.63) is 41.2 Å². The van der Waals surface area contributed by atoms with Crippen molar-refractivity contribution in [3.63, 3.8) is 0 Å². The van der Waals surface area contributed by atoms with Crippen LogP contribution in [-0.4, -0.2) is 25.8 Å². The van der Waals surface area contributed by atoms with Gasteiger partial charge in [0.05, 0.1) is 0 Å². The topological polar surface area (TPSA) is 68.0 Å². The molecule has 5 nitrogen and oxygen atoms in total. The van der Waals surface area contributed by atoms with Gasteiger partial charge in [0.2, 0.25) is 0 Å². The van der Waals surface area contributed by atoms with E-state index in [0.717, 1.165) is 6.42 Å². The van der Waals surface area contributed by atoms with Gasteiger partial charge in [-0.1, -0.05) is 19.1 Å². The lowest BCUT2D eigenvalue weighted by molar-refractivity contribution is 0.0683. The molecule has 1 aromatic heterocycles. The van der Waals surface area contributed by atoms with Crippen LogP contribution in [0.1, 0.15) is 35.4 Å². The highest BCUT2D eigenvalue weighted by Crippen LogP contribution is 2.19. The Kier molecular flexibility index (Phi) is 3.59. The maximum Gasteiger partial charge on any atom is 0.375 e. The number of aromatic nitrogens is 3. The van der Waals surface area contributed by atoms with Gasteiger partial charge in [0.25, 0.3) is 5.82 Å². The third-order valence-corrected chi connectivity index (χ3v) is 2.74. The Morgan fingerprint density at radius 2 is 2.21 bits per heavy atom. The van der Waals surface area contributed by atoms with E-state index in [9.17, 15) is 9.18 Å². The number of hydrogen-bond acceptors (Lipinski definition) is 3. The first-order valence-electron chi connectivity index (χ1n) is 5.99. The summed E-state index contributed by atoms with van der Waals surface area (Å²) in [6.07, 6.45) is 1.30. The fourth-order valence-electron chi connectivity index (χ4n) is 1.89. The lowest BCUT2D eigenvalue weighted by atomic mass is 10.2. The van der Waals surface area contributed by atoms with Crippen molar-refractivity contribution in [3.8, 4) is 5.69 Å². The van der Waals surface area contributed by atoms with Crippen molar-refractivity contribution in [2.45, 2.75) is 26.7 Å². The summed E-state index contributed by atoms with van der Waals surface area (Å²) in [5.41, 5.74) is 0.935. The molecule has 0 atom stereocenters. The van der Waals surface area contributed by atoms with Gasteiger partial charge >= 0.3 is 5.97 Å². The van der Waals surface area contributed by atoms with Gasteiger partial charge in [-0.2, -0.15) is 0 Å². The average molecular weight is 263 g/mol. The van der Waals surface area contributed by atoms with Crippen molar-refractivity contribution in [1.29, 1.82) is 0 Å². The average Bonchev–Trinajstić information content (AvgIpc) is 2.74. The number of aryl methyl sites for hydroxylation is 2. The minimum atomic E-state index is -1.22. The molecule has 1 aromatic carbocycles. The van der Waals surface area contributed by atoms with Crippen molar-refractivity contribution in [2.75, 3.05) is 0 Å². The largest absolute Gasteiger partial charge is 0.475 e. The zero-order valence-electron chi connectivity index (χ0n) is 10.7. The van der Waals surface area contributed by atoms with Crippen molar-refractivity contribution < 1.29 is 14.3 Å². The number of hydrogen-bond donors (Lipinski definition) is 1. The Hall–Kier alpha value is -2.24. The van der Waals surface area contributed by atoms with Crippen LogP contribution in [0.15, 0.2) is 18.2 Å². The molecule has 0 spiro atoms. The summed E-state index contributed by atoms with van der Waals surface area (Å²) in [6.45, 7) is 3.68. The first kappa shape index (κ1) is 13.2. The molecule has 2 aromatic rings. The van der Waals surface area contributed by atoms with Crippen molar-refractivity contribution >= 4 is 5.97 Å². The number of benzene rings is 1. The highest BCUT2D eigenvalue weighted by atomic mass is 19.1. The van der Waals surface area contributed by atoms with Crippen LogP contribution in [0, 0.1) is 12.7 Å². The number of rotatable bonds is 4. The number of nitrogens with zero attached hydrogens (tertiary/aromatic N) is 3. The Labute approximate surface area is 109 Å². The molecule has 2 rings (SSSR count). The predicted octanol–water partition coefficient (Wildman–Crippen LogP) is 2.37. The van der Waals surface area contributed by atoms with E-state index in [0.29, 0.717) is 17.8 Å². The molecule has 19 heavy (non-hydrogen) atoms. The number of carboxylic acid groups (broad SMARTS) is 1. The van der Waals surface area contributed by atoms with Crippen LogP contribution in [0.5, 0.6) is 0 Å². The molecule has 0 saturated carbocycles. The van der Waals surface area contributed by atoms with E-state index < -0.39 is 11.8 Å². The molecule has 0 aliphatic heterocycles. The Morgan fingerprint density at radius 1 is 1.47 bits per heavy atom. The summed E-state index contributed by atoms with van der Waals surface area (Å²) >= 11 is 0. The second-order valence-electron chi connectivity index (χ2n) is 4.22. The summed E-state index contributed by atoms with van der Waals surface area (Å²) in [5.74, 6) is -1.52. The number of para-hydroxylation sites is 1. The van der Waals surface area contributed by atoms with E-state index in [2.05, 4.69) is 10.1 Å². The molecule has 1 heterocycles. The lowest BCUT2D eigenvalue weighted by Gasteiger charge is -2.09. The van der Waals surface area contributed by atoms with Crippen molar-refractivity contribution in [2.24, 2.45) is 0 Å². The second kappa shape index (κ2) is 5.17. The predicted molar refractivity (Wildman–Crippen MR) is 67.0 cm³/mol. The van der Waals surface area contributed by atoms with Gasteiger partial charge in [-0.05, 0) is 25.0 Å². The molecule has 0 unspecified atom stereocenters. The van der Waals surface area contributed by atoms with Crippen LogP contribution in [-0.2, 0) is 6.42 Å². The minimum Gasteiger partial charge on any atom is -0.475 e. The summed E-state index contributed by atoms with van der Waals surface area (Å²) in [4.78, 5) is 14.9. The van der Waals surface area contributed by atoms with E-state index in [1.165, 1.54) is 10.7 Å². The molecule has 100 valence electrons. The number of aromatic carboxylic acids is 1. The van der Waals surface area contributed by atoms with E-state index in [-0.39, 0.29) is 11.5 Å². The van der Waals surface area contributed by atoms with Gasteiger partial charge in [-0.3, -0.25) is 0 Å². The van der Waals surface area contributed by atoms with Gasteiger partial charge in [0.1, 0.15) is 17.3 Å². The first-order chi connectivity index (χ1) is 9.04. The van der Waals surface area contributed by atoms with Gasteiger partial charge in [-0.15, -0.1) is 5.10 Å².